The first-order valence-electron chi connectivity index (χ1n) is 13.6. The fourth-order valence-corrected chi connectivity index (χ4v) is 4.79. The van der Waals surface area contributed by atoms with Crippen molar-refractivity contribution >= 4 is 41.1 Å². The van der Waals surface area contributed by atoms with Gasteiger partial charge in [0.15, 0.2) is 0 Å². The monoisotopic (exact) mass is 583 g/mol. The molecule has 4 aromatic rings. The SMILES string of the molecule is Cc1ccc(Nc2nc(N/N=C/c3cc([N+](=O)[O-])cc([N+](=O)[O-])c3O)nc(N3CCC(Cc4ccccc4)CC3)n2)cc1. The number of hydrazone groups is 1. The summed E-state index contributed by atoms with van der Waals surface area (Å²) in [5, 5.41) is 40.0. The molecule has 0 spiro atoms. The van der Waals surface area contributed by atoms with Gasteiger partial charge in [0.05, 0.1) is 27.7 Å². The molecule has 5 rings (SSSR count). The van der Waals surface area contributed by atoms with Crippen LogP contribution in [0.2, 0.25) is 0 Å². The maximum atomic E-state index is 11.3. The van der Waals surface area contributed by atoms with Crippen molar-refractivity contribution in [2.75, 3.05) is 28.7 Å². The number of anilines is 4. The molecule has 1 saturated heterocycles. The molecule has 1 aromatic heterocycles. The lowest BCUT2D eigenvalue weighted by Crippen LogP contribution is -2.35. The molecule has 0 bridgehead atoms. The smallest absolute Gasteiger partial charge is 0.318 e. The van der Waals surface area contributed by atoms with Crippen LogP contribution >= 0.6 is 0 Å². The van der Waals surface area contributed by atoms with Gasteiger partial charge in [-0.3, -0.25) is 20.2 Å². The summed E-state index contributed by atoms with van der Waals surface area (Å²) in [6.45, 7) is 3.48. The number of aryl methyl sites for hydroxylation is 1. The maximum absolute atomic E-state index is 11.3. The second kappa shape index (κ2) is 12.9. The molecular formula is C29H29N9O5. The van der Waals surface area contributed by atoms with E-state index < -0.39 is 27.0 Å². The van der Waals surface area contributed by atoms with Crippen LogP contribution in [-0.2, 0) is 6.42 Å². The lowest BCUT2D eigenvalue weighted by Gasteiger charge is -2.32. The third-order valence-corrected chi connectivity index (χ3v) is 7.08. The van der Waals surface area contributed by atoms with Gasteiger partial charge in [-0.1, -0.05) is 48.0 Å². The zero-order chi connectivity index (χ0) is 30.3. The van der Waals surface area contributed by atoms with E-state index in [0.717, 1.165) is 55.9 Å². The molecule has 1 aliphatic heterocycles. The van der Waals surface area contributed by atoms with E-state index in [0.29, 0.717) is 17.9 Å². The molecule has 1 fully saturated rings. The highest BCUT2D eigenvalue weighted by molar-refractivity contribution is 5.87. The average molecular weight is 584 g/mol. The standard InChI is InChI=1S/C29H29N9O5/c1-19-7-9-23(10-8-19)31-27-32-28(35-30-18-22-16-24(37(40)41)17-25(26(22)39)38(42)43)34-29(33-27)36-13-11-21(12-14-36)15-20-5-3-2-4-6-20/h2-10,16-18,21,39H,11-15H2,1H3,(H2,31,32,33,34,35)/b30-18+. The summed E-state index contributed by atoms with van der Waals surface area (Å²) in [6.07, 6.45) is 3.97. The third-order valence-electron chi connectivity index (χ3n) is 7.08. The molecule has 43 heavy (non-hydrogen) atoms. The molecule has 3 N–H and O–H groups in total. The van der Waals surface area contributed by atoms with Gasteiger partial charge in [-0.05, 0) is 49.8 Å². The van der Waals surface area contributed by atoms with Crippen LogP contribution in [0.4, 0.5) is 34.9 Å². The van der Waals surface area contributed by atoms with Crippen molar-refractivity contribution in [3.05, 3.63) is 104 Å². The van der Waals surface area contributed by atoms with Gasteiger partial charge in [-0.2, -0.15) is 20.1 Å². The lowest BCUT2D eigenvalue weighted by atomic mass is 9.90. The van der Waals surface area contributed by atoms with Gasteiger partial charge in [0.25, 0.3) is 5.69 Å². The lowest BCUT2D eigenvalue weighted by molar-refractivity contribution is -0.394. The molecule has 1 aliphatic rings. The first-order valence-corrected chi connectivity index (χ1v) is 13.6. The van der Waals surface area contributed by atoms with Gasteiger partial charge < -0.3 is 15.3 Å². The van der Waals surface area contributed by atoms with Crippen molar-refractivity contribution in [2.45, 2.75) is 26.2 Å². The number of hydrogen-bond donors (Lipinski definition) is 3. The van der Waals surface area contributed by atoms with E-state index in [-0.39, 0.29) is 17.5 Å². The number of benzene rings is 3. The van der Waals surface area contributed by atoms with Gasteiger partial charge in [-0.15, -0.1) is 0 Å². The van der Waals surface area contributed by atoms with E-state index in [4.69, 9.17) is 0 Å². The molecule has 0 amide bonds. The first-order chi connectivity index (χ1) is 20.7. The van der Waals surface area contributed by atoms with Crippen LogP contribution in [0.15, 0.2) is 71.8 Å². The highest BCUT2D eigenvalue weighted by Crippen LogP contribution is 2.33. The Balaban J connectivity index is 1.37. The van der Waals surface area contributed by atoms with E-state index >= 15 is 0 Å². The number of hydrogen-bond acceptors (Lipinski definition) is 12. The van der Waals surface area contributed by atoms with Crippen molar-refractivity contribution in [1.82, 2.24) is 15.0 Å². The predicted octanol–water partition coefficient (Wildman–Crippen LogP) is 5.35. The minimum atomic E-state index is -0.905. The largest absolute Gasteiger partial charge is 0.502 e. The first kappa shape index (κ1) is 28.9. The quantitative estimate of drug-likeness (QED) is 0.124. The predicted molar refractivity (Wildman–Crippen MR) is 162 cm³/mol. The Morgan fingerprint density at radius 1 is 0.977 bits per heavy atom. The van der Waals surface area contributed by atoms with Crippen LogP contribution in [0, 0.1) is 33.1 Å². The van der Waals surface area contributed by atoms with Crippen molar-refractivity contribution in [1.29, 1.82) is 0 Å². The number of nitrogens with one attached hydrogen (secondary N) is 2. The molecule has 3 aromatic carbocycles. The Hall–Kier alpha value is -5.66. The number of aromatic nitrogens is 3. The third kappa shape index (κ3) is 7.35. The van der Waals surface area contributed by atoms with E-state index in [2.05, 4.69) is 60.0 Å². The molecule has 220 valence electrons. The topological polar surface area (TPSA) is 185 Å². The number of piperidine rings is 1. The molecule has 0 unspecified atom stereocenters. The number of rotatable bonds is 10. The summed E-state index contributed by atoms with van der Waals surface area (Å²) < 4.78 is 0. The molecule has 2 heterocycles. The van der Waals surface area contributed by atoms with Crippen molar-refractivity contribution in [3.63, 3.8) is 0 Å². The van der Waals surface area contributed by atoms with E-state index in [1.165, 1.54) is 5.56 Å². The molecule has 0 atom stereocenters. The summed E-state index contributed by atoms with van der Waals surface area (Å²) in [5.41, 5.74) is 4.26. The Kier molecular flexibility index (Phi) is 8.65. The van der Waals surface area contributed by atoms with E-state index in [1.807, 2.05) is 37.3 Å². The second-order valence-corrected chi connectivity index (χ2v) is 10.2. The molecule has 14 nitrogen and oxygen atoms in total. The number of non-ortho nitro benzene ring substituents is 1. The zero-order valence-electron chi connectivity index (χ0n) is 23.3. The van der Waals surface area contributed by atoms with Crippen LogP contribution in [0.5, 0.6) is 5.75 Å². The Bertz CT molecular complexity index is 1640. The minimum Gasteiger partial charge on any atom is -0.502 e. The summed E-state index contributed by atoms with van der Waals surface area (Å²) in [6, 6.07) is 19.8. The van der Waals surface area contributed by atoms with Gasteiger partial charge in [0, 0.05) is 24.8 Å². The number of nitro benzene ring substituents is 2. The summed E-state index contributed by atoms with van der Waals surface area (Å²) in [4.78, 5) is 36.5. The Morgan fingerprint density at radius 2 is 1.67 bits per heavy atom. The number of phenols is 1. The van der Waals surface area contributed by atoms with Gasteiger partial charge in [0.2, 0.25) is 23.6 Å². The Labute approximate surface area is 246 Å². The van der Waals surface area contributed by atoms with Crippen molar-refractivity contribution < 1.29 is 15.0 Å². The number of aromatic hydroxyl groups is 1. The zero-order valence-corrected chi connectivity index (χ0v) is 23.3. The molecule has 0 saturated carbocycles. The summed E-state index contributed by atoms with van der Waals surface area (Å²) in [5.74, 6) is 0.569. The molecule has 0 radical (unpaired) electrons. The highest BCUT2D eigenvalue weighted by Gasteiger charge is 2.24. The fourth-order valence-electron chi connectivity index (χ4n) is 4.79. The van der Waals surface area contributed by atoms with Crippen molar-refractivity contribution in [3.8, 4) is 5.75 Å². The fraction of sp³-hybridized carbons (Fsp3) is 0.241. The van der Waals surface area contributed by atoms with Crippen molar-refractivity contribution in [2.24, 2.45) is 11.0 Å². The Morgan fingerprint density at radius 3 is 2.35 bits per heavy atom. The van der Waals surface area contributed by atoms with Crippen LogP contribution in [0.1, 0.15) is 29.5 Å². The molecule has 14 heteroatoms. The normalized spacial score (nSPS) is 13.7. The minimum absolute atomic E-state index is 0.0710. The highest BCUT2D eigenvalue weighted by atomic mass is 16.6. The maximum Gasteiger partial charge on any atom is 0.318 e. The summed E-state index contributed by atoms with van der Waals surface area (Å²) >= 11 is 0. The molecule has 0 aliphatic carbocycles. The van der Waals surface area contributed by atoms with Crippen LogP contribution in [0.25, 0.3) is 0 Å². The average Bonchev–Trinajstić information content (AvgIpc) is 3.00. The van der Waals surface area contributed by atoms with Gasteiger partial charge in [0.1, 0.15) is 0 Å². The number of nitro groups is 2. The van der Waals surface area contributed by atoms with Gasteiger partial charge in [-0.25, -0.2) is 5.43 Å². The molecular weight excluding hydrogens is 554 g/mol. The van der Waals surface area contributed by atoms with E-state index in [9.17, 15) is 25.3 Å². The second-order valence-electron chi connectivity index (χ2n) is 10.2. The van der Waals surface area contributed by atoms with Crippen LogP contribution < -0.4 is 15.6 Å². The summed E-state index contributed by atoms with van der Waals surface area (Å²) in [7, 11) is 0. The van der Waals surface area contributed by atoms with Crippen LogP contribution in [0.3, 0.4) is 0 Å². The number of nitrogens with zero attached hydrogens (tertiary/aromatic N) is 7. The van der Waals surface area contributed by atoms with E-state index in [1.54, 1.807) is 0 Å². The number of phenolic OH excluding ortho intramolecular Hbond substituents is 1. The van der Waals surface area contributed by atoms with Gasteiger partial charge >= 0.3 is 5.69 Å². The van der Waals surface area contributed by atoms with Crippen LogP contribution in [-0.4, -0.2) is 49.2 Å².